The molecular formula is C85H142N20O22. The van der Waals surface area contributed by atoms with E-state index < -0.39 is 255 Å². The maximum Gasteiger partial charge on any atom is 0.248 e. The number of primary amides is 2. The van der Waals surface area contributed by atoms with Crippen molar-refractivity contribution in [3.63, 3.8) is 0 Å². The molecule has 1 aliphatic heterocycles. The first-order valence-electron chi connectivity index (χ1n) is 42.7. The molecule has 23 N–H and O–H groups in total. The number of likely N-dealkylation sites (tertiary alicyclic amines) is 1. The second kappa shape index (κ2) is 47.9. The highest BCUT2D eigenvalue weighted by Crippen LogP contribution is 2.25. The van der Waals surface area contributed by atoms with E-state index in [4.69, 9.17) is 11.5 Å². The molecule has 42 heteroatoms. The zero-order valence-corrected chi connectivity index (χ0v) is 78.1. The van der Waals surface area contributed by atoms with Gasteiger partial charge in [0.05, 0.1) is 25.8 Å². The van der Waals surface area contributed by atoms with Crippen LogP contribution in [0.5, 0.6) is 0 Å². The van der Waals surface area contributed by atoms with Gasteiger partial charge in [-0.2, -0.15) is 0 Å². The van der Waals surface area contributed by atoms with Crippen LogP contribution in [0.4, 0.5) is 0 Å². The zero-order valence-electron chi connectivity index (χ0n) is 78.1. The Bertz CT molecular complexity index is 4150. The molecule has 20 amide bonds. The number of hydrogen-bond donors (Lipinski definition) is 21. The van der Waals surface area contributed by atoms with Gasteiger partial charge in [-0.15, -0.1) is 0 Å². The topological polar surface area (TPSA) is 642 Å². The summed E-state index contributed by atoms with van der Waals surface area (Å²) in [6, 6.07) is -2.80. The molecule has 0 spiro atoms. The molecule has 127 heavy (non-hydrogen) atoms. The van der Waals surface area contributed by atoms with Crippen LogP contribution in [0.3, 0.4) is 0 Å². The minimum atomic E-state index is -1.87. The first-order chi connectivity index (χ1) is 58.3. The van der Waals surface area contributed by atoms with Crippen LogP contribution in [0, 0.1) is 17.8 Å². The second-order valence-electron chi connectivity index (χ2n) is 37.2. The summed E-state index contributed by atoms with van der Waals surface area (Å²) >= 11 is 0. The Morgan fingerprint density at radius 3 is 1.32 bits per heavy atom. The van der Waals surface area contributed by atoms with E-state index >= 15 is 0 Å². The lowest BCUT2D eigenvalue weighted by molar-refractivity contribution is -0.145. The van der Waals surface area contributed by atoms with Gasteiger partial charge in [-0.3, -0.25) is 95.9 Å². The van der Waals surface area contributed by atoms with Crippen LogP contribution in [0.25, 0.3) is 0 Å². The number of aliphatic hydroxyl groups is 2. The van der Waals surface area contributed by atoms with Crippen molar-refractivity contribution in [3.8, 4) is 0 Å². The van der Waals surface area contributed by atoms with Crippen LogP contribution in [-0.2, 0) is 102 Å². The highest BCUT2D eigenvalue weighted by molar-refractivity contribution is 6.04. The van der Waals surface area contributed by atoms with Gasteiger partial charge in [-0.05, 0) is 185 Å². The van der Waals surface area contributed by atoms with Gasteiger partial charge in [0.15, 0.2) is 0 Å². The Hall–Kier alpha value is -11.5. The van der Waals surface area contributed by atoms with E-state index in [1.54, 1.807) is 71.9 Å². The van der Waals surface area contributed by atoms with Gasteiger partial charge in [0.25, 0.3) is 0 Å². The van der Waals surface area contributed by atoms with Crippen molar-refractivity contribution in [2.75, 3.05) is 26.3 Å². The first-order valence-corrected chi connectivity index (χ1v) is 42.7. The van der Waals surface area contributed by atoms with Crippen molar-refractivity contribution in [3.05, 3.63) is 35.9 Å². The van der Waals surface area contributed by atoms with Crippen LogP contribution >= 0.6 is 0 Å². The van der Waals surface area contributed by atoms with Gasteiger partial charge in [-0.1, -0.05) is 85.7 Å². The number of nitrogens with one attached hydrogen (secondary N) is 17. The van der Waals surface area contributed by atoms with E-state index in [2.05, 4.69) is 90.4 Å². The Morgan fingerprint density at radius 1 is 0.425 bits per heavy atom. The third-order valence-corrected chi connectivity index (χ3v) is 21.4. The van der Waals surface area contributed by atoms with Gasteiger partial charge in [-0.25, -0.2) is 0 Å². The number of nitrogens with zero attached hydrogens (tertiary/aromatic N) is 1. The number of aliphatic hydroxyl groups excluding tert-OH is 2. The fourth-order valence-electron chi connectivity index (χ4n) is 13.0. The van der Waals surface area contributed by atoms with Crippen molar-refractivity contribution < 1.29 is 106 Å². The van der Waals surface area contributed by atoms with Crippen molar-refractivity contribution in [1.29, 1.82) is 0 Å². The van der Waals surface area contributed by atoms with Gasteiger partial charge in [0, 0.05) is 26.3 Å². The fourth-order valence-corrected chi connectivity index (χ4v) is 13.0. The second-order valence-corrected chi connectivity index (χ2v) is 37.2. The molecule has 0 aromatic heterocycles. The minimum absolute atomic E-state index is 0.0270. The summed E-state index contributed by atoms with van der Waals surface area (Å²) in [5.74, 6) is -18.0. The monoisotopic (exact) mass is 1800 g/mol. The van der Waals surface area contributed by atoms with Crippen LogP contribution < -0.4 is 102 Å². The van der Waals surface area contributed by atoms with Crippen LogP contribution in [-0.4, -0.2) is 258 Å². The molecule has 0 unspecified atom stereocenters. The van der Waals surface area contributed by atoms with E-state index in [1.807, 2.05) is 0 Å². The van der Waals surface area contributed by atoms with Crippen molar-refractivity contribution >= 4 is 118 Å². The molecule has 0 aliphatic carbocycles. The van der Waals surface area contributed by atoms with E-state index in [-0.39, 0.29) is 69.7 Å². The predicted molar refractivity (Wildman–Crippen MR) is 466 cm³/mol. The standard InChI is InChI=1S/C85H142N20O22/c1-25-84(23,102-65(115)53(35-37-59(87)110)94-75(125)85(24,26-2)104-74(124)82(19,20)98-62(112)48(9)89-64(114)56(44-107)95-71(121)79(13,14)97-49(10)108)76(126)96-61(47(7)8)69(119)101-78(11,12)70(120)88-42-60(111)91-54(39-45(3)4)66(116)100-83(21,22)77(127)105-38-30-33-57(105)68(118)92-55(40-46(5)6)67(117)99-81(17,18)73(123)103-80(15,16)72(122)93-52(34-36-58(86)109)63(113)90-51(43-106)41-50-31-28-27-29-32-50/h27-29,31-32,45-48,51-57,61,106-107H,25-26,30,33-44H2,1-24H3,(H2,86,109)(H2,87,110)(H,88,120)(H,89,114)(H,90,113)(H,91,111)(H,92,118)(H,93,122)(H,94,125)(H,95,121)(H,96,126)(H,97,108)(H,98,112)(H,99,117)(H,100,116)(H,101,119)(H,102,115)(H,103,123)(H,104,124)/t48-,51+,52+,53-,54+,55-,56+,57-,61-,84-,85+/m0/s1. The Balaban J connectivity index is 2.22. The largest absolute Gasteiger partial charge is 0.394 e. The molecule has 1 saturated heterocycles. The summed E-state index contributed by atoms with van der Waals surface area (Å²) in [5.41, 5.74) is -2.42. The quantitative estimate of drug-likeness (QED) is 0.0300. The summed E-state index contributed by atoms with van der Waals surface area (Å²) in [6.07, 6.45) is -0.872. The predicted octanol–water partition coefficient (Wildman–Crippen LogP) is -3.54. The maximum absolute atomic E-state index is 14.6. The molecule has 714 valence electrons. The van der Waals surface area contributed by atoms with E-state index in [0.717, 1.165) is 5.56 Å². The highest BCUT2D eigenvalue weighted by Gasteiger charge is 2.48. The van der Waals surface area contributed by atoms with Crippen molar-refractivity contribution in [2.45, 2.75) is 335 Å². The normalized spacial score (nSPS) is 16.0. The Labute approximate surface area is 743 Å². The molecule has 1 fully saturated rings. The molecule has 11 atom stereocenters. The first kappa shape index (κ1) is 112. The summed E-state index contributed by atoms with van der Waals surface area (Å²) in [4.78, 5) is 274. The molecule has 1 aromatic carbocycles. The van der Waals surface area contributed by atoms with E-state index in [1.165, 1.54) is 130 Å². The van der Waals surface area contributed by atoms with Gasteiger partial charge < -0.3 is 117 Å². The van der Waals surface area contributed by atoms with Crippen molar-refractivity contribution in [1.82, 2.24) is 95.3 Å². The average molecular weight is 1800 g/mol. The third-order valence-electron chi connectivity index (χ3n) is 21.4. The molecule has 2 rings (SSSR count). The Kier molecular flexibility index (Phi) is 42.1. The number of nitrogens with two attached hydrogens (primary N) is 2. The highest BCUT2D eigenvalue weighted by atomic mass is 16.3. The zero-order chi connectivity index (χ0) is 97.8. The third kappa shape index (κ3) is 35.0. The molecule has 0 bridgehead atoms. The Morgan fingerprint density at radius 2 is 0.843 bits per heavy atom. The van der Waals surface area contributed by atoms with Gasteiger partial charge >= 0.3 is 0 Å². The number of carbonyl (C=O) groups excluding carboxylic acids is 20. The van der Waals surface area contributed by atoms with E-state index in [9.17, 15) is 106 Å². The minimum Gasteiger partial charge on any atom is -0.394 e. The molecule has 0 saturated carbocycles. The molecule has 1 aliphatic rings. The molecule has 1 heterocycles. The fraction of sp³-hybridized carbons (Fsp3) is 0.694. The lowest BCUT2D eigenvalue weighted by Crippen LogP contribution is -2.67. The summed E-state index contributed by atoms with van der Waals surface area (Å²) in [5, 5.41) is 63.5. The van der Waals surface area contributed by atoms with Crippen molar-refractivity contribution in [2.24, 2.45) is 29.2 Å². The molecular weight excluding hydrogens is 1650 g/mol. The van der Waals surface area contributed by atoms with Crippen LogP contribution in [0.15, 0.2) is 30.3 Å². The van der Waals surface area contributed by atoms with Gasteiger partial charge in [0.2, 0.25) is 118 Å². The summed E-state index contributed by atoms with van der Waals surface area (Å²) in [7, 11) is 0. The number of hydrogen-bond acceptors (Lipinski definition) is 22. The SMILES string of the molecule is CC[C@@](C)(NC(=O)C(C)(C)NC(=O)[C@H](C)NC(=O)[C@@H](CO)NC(=O)C(C)(C)NC(C)=O)C(=O)N[C@@H](CCC(N)=O)C(=O)N[C@@](C)(CC)C(=O)N[C@H](C(=O)NC(C)(C)C(=O)NCC(=O)N[C@H](CC(C)C)C(=O)NC(C)(C)C(=O)N1CCC[C@H]1C(=O)N[C@@H](CC(C)C)C(=O)NC(C)(C)C(=O)NC(C)(C)C(=O)N[C@H](CCC(N)=O)C(=O)N[C@@H](CO)Cc1ccccc1)C(C)C. The lowest BCUT2D eigenvalue weighted by atomic mass is 9.92. The number of rotatable bonds is 51. The van der Waals surface area contributed by atoms with E-state index in [0.29, 0.717) is 6.42 Å². The number of carbonyl (C=O) groups is 20. The number of benzene rings is 1. The smallest absolute Gasteiger partial charge is 0.248 e. The number of amides is 20. The lowest BCUT2D eigenvalue weighted by Gasteiger charge is -2.36. The molecule has 42 nitrogen and oxygen atoms in total. The summed E-state index contributed by atoms with van der Waals surface area (Å²) in [6.45, 7) is 32.5. The summed E-state index contributed by atoms with van der Waals surface area (Å²) < 4.78 is 0. The molecule has 1 aromatic rings. The average Bonchev–Trinajstić information content (AvgIpc) is 1.46. The maximum atomic E-state index is 14.6. The van der Waals surface area contributed by atoms with Crippen LogP contribution in [0.2, 0.25) is 0 Å². The van der Waals surface area contributed by atoms with Crippen LogP contribution in [0.1, 0.15) is 236 Å². The molecule has 0 radical (unpaired) electrons. The van der Waals surface area contributed by atoms with Gasteiger partial charge in [0.1, 0.15) is 92.6 Å².